The Morgan fingerprint density at radius 1 is 1.19 bits per heavy atom. The second kappa shape index (κ2) is 5.17. The van der Waals surface area contributed by atoms with E-state index in [2.05, 4.69) is 23.8 Å². The van der Waals surface area contributed by atoms with E-state index >= 15 is 0 Å². The zero-order valence-corrected chi connectivity index (χ0v) is 10.6. The van der Waals surface area contributed by atoms with Crippen LogP contribution in [-0.4, -0.2) is 48.9 Å². The predicted molar refractivity (Wildman–Crippen MR) is 65.2 cm³/mol. The summed E-state index contributed by atoms with van der Waals surface area (Å²) >= 11 is 0. The molecule has 2 saturated heterocycles. The zero-order valence-electron chi connectivity index (χ0n) is 10.6. The number of amides is 1. The Balaban J connectivity index is 1.83. The summed E-state index contributed by atoms with van der Waals surface area (Å²) in [7, 11) is 2.14. The highest BCUT2D eigenvalue weighted by Gasteiger charge is 2.31. The molecule has 2 heterocycles. The lowest BCUT2D eigenvalue weighted by Crippen LogP contribution is -2.40. The van der Waals surface area contributed by atoms with Crippen molar-refractivity contribution >= 4 is 5.91 Å². The molecular formula is C13H24N2O. The third kappa shape index (κ3) is 2.57. The van der Waals surface area contributed by atoms with Crippen LogP contribution in [0, 0.1) is 11.8 Å². The van der Waals surface area contributed by atoms with Crippen molar-refractivity contribution in [3.05, 3.63) is 0 Å². The van der Waals surface area contributed by atoms with Crippen LogP contribution >= 0.6 is 0 Å². The van der Waals surface area contributed by atoms with Crippen LogP contribution in [0.2, 0.25) is 0 Å². The number of carbonyl (C=O) groups is 1. The second-order valence-corrected chi connectivity index (χ2v) is 5.42. The highest BCUT2D eigenvalue weighted by molar-refractivity contribution is 5.79. The van der Waals surface area contributed by atoms with Gasteiger partial charge >= 0.3 is 0 Å². The SMILES string of the molecule is CCC1CCN(C(=O)C2CCN(C)CC2)C1. The molecule has 2 fully saturated rings. The average Bonchev–Trinajstić information content (AvgIpc) is 2.77. The number of carbonyl (C=O) groups excluding carboxylic acids is 1. The summed E-state index contributed by atoms with van der Waals surface area (Å²) in [6, 6.07) is 0. The Bertz CT molecular complexity index is 242. The van der Waals surface area contributed by atoms with Crippen molar-refractivity contribution in [1.29, 1.82) is 0 Å². The molecule has 2 aliphatic rings. The third-order valence-electron chi connectivity index (χ3n) is 4.24. The van der Waals surface area contributed by atoms with Gasteiger partial charge < -0.3 is 9.80 Å². The van der Waals surface area contributed by atoms with E-state index < -0.39 is 0 Å². The maximum Gasteiger partial charge on any atom is 0.225 e. The Hall–Kier alpha value is -0.570. The molecule has 2 aliphatic heterocycles. The summed E-state index contributed by atoms with van der Waals surface area (Å²) in [6.45, 7) is 6.42. The molecule has 0 aliphatic carbocycles. The van der Waals surface area contributed by atoms with Crippen molar-refractivity contribution in [2.45, 2.75) is 32.6 Å². The lowest BCUT2D eigenvalue weighted by Gasteiger charge is -2.30. The smallest absolute Gasteiger partial charge is 0.225 e. The number of hydrogen-bond donors (Lipinski definition) is 0. The van der Waals surface area contributed by atoms with Crippen LogP contribution in [0.1, 0.15) is 32.6 Å². The third-order valence-corrected chi connectivity index (χ3v) is 4.24. The Morgan fingerprint density at radius 3 is 2.44 bits per heavy atom. The van der Waals surface area contributed by atoms with Crippen molar-refractivity contribution < 1.29 is 4.79 Å². The molecule has 0 aromatic heterocycles. The van der Waals surface area contributed by atoms with E-state index in [9.17, 15) is 4.79 Å². The van der Waals surface area contributed by atoms with Gasteiger partial charge in [0.2, 0.25) is 5.91 Å². The quantitative estimate of drug-likeness (QED) is 0.711. The van der Waals surface area contributed by atoms with Crippen molar-refractivity contribution in [3.8, 4) is 0 Å². The molecule has 92 valence electrons. The van der Waals surface area contributed by atoms with Crippen molar-refractivity contribution in [3.63, 3.8) is 0 Å². The maximum absolute atomic E-state index is 12.3. The lowest BCUT2D eigenvalue weighted by atomic mass is 9.96. The topological polar surface area (TPSA) is 23.6 Å². The molecule has 0 radical (unpaired) electrons. The molecule has 0 bridgehead atoms. The molecule has 0 aromatic rings. The van der Waals surface area contributed by atoms with Gasteiger partial charge in [0.05, 0.1) is 0 Å². The zero-order chi connectivity index (χ0) is 11.5. The van der Waals surface area contributed by atoms with Crippen LogP contribution < -0.4 is 0 Å². The second-order valence-electron chi connectivity index (χ2n) is 5.42. The van der Waals surface area contributed by atoms with Gasteiger partial charge in [0.1, 0.15) is 0 Å². The van der Waals surface area contributed by atoms with Gasteiger partial charge in [-0.05, 0) is 45.3 Å². The highest BCUT2D eigenvalue weighted by Crippen LogP contribution is 2.24. The van der Waals surface area contributed by atoms with E-state index in [-0.39, 0.29) is 0 Å². The molecule has 2 rings (SSSR count). The van der Waals surface area contributed by atoms with Crippen molar-refractivity contribution in [2.75, 3.05) is 33.2 Å². The first-order valence-corrected chi connectivity index (χ1v) is 6.68. The first kappa shape index (κ1) is 11.9. The summed E-state index contributed by atoms with van der Waals surface area (Å²) in [5, 5.41) is 0. The van der Waals surface area contributed by atoms with Crippen LogP contribution in [0.15, 0.2) is 0 Å². The first-order chi connectivity index (χ1) is 7.70. The molecule has 1 unspecified atom stereocenters. The summed E-state index contributed by atoms with van der Waals surface area (Å²) in [6.07, 6.45) is 4.55. The monoisotopic (exact) mass is 224 g/mol. The standard InChI is InChI=1S/C13H24N2O/c1-3-11-4-9-15(10-11)13(16)12-5-7-14(2)8-6-12/h11-12H,3-10H2,1-2H3. The number of likely N-dealkylation sites (tertiary alicyclic amines) is 2. The Kier molecular flexibility index (Phi) is 3.85. The maximum atomic E-state index is 12.3. The minimum atomic E-state index is 0.312. The van der Waals surface area contributed by atoms with E-state index in [0.29, 0.717) is 11.8 Å². The fraction of sp³-hybridized carbons (Fsp3) is 0.923. The van der Waals surface area contributed by atoms with Gasteiger partial charge in [0.15, 0.2) is 0 Å². The Labute approximate surface area is 98.8 Å². The summed E-state index contributed by atoms with van der Waals surface area (Å²) in [4.78, 5) is 16.7. The van der Waals surface area contributed by atoms with Gasteiger partial charge in [-0.2, -0.15) is 0 Å². The fourth-order valence-corrected chi connectivity index (χ4v) is 2.88. The molecule has 16 heavy (non-hydrogen) atoms. The number of piperidine rings is 1. The van der Waals surface area contributed by atoms with E-state index in [0.717, 1.165) is 44.9 Å². The number of hydrogen-bond acceptors (Lipinski definition) is 2. The van der Waals surface area contributed by atoms with Gasteiger partial charge in [0.25, 0.3) is 0 Å². The molecule has 1 atom stereocenters. The molecule has 3 heteroatoms. The van der Waals surface area contributed by atoms with E-state index in [1.807, 2.05) is 0 Å². The van der Waals surface area contributed by atoms with Crippen LogP contribution in [0.3, 0.4) is 0 Å². The Morgan fingerprint density at radius 2 is 1.88 bits per heavy atom. The first-order valence-electron chi connectivity index (χ1n) is 6.68. The molecule has 0 N–H and O–H groups in total. The van der Waals surface area contributed by atoms with Crippen molar-refractivity contribution in [1.82, 2.24) is 9.80 Å². The van der Waals surface area contributed by atoms with Crippen LogP contribution in [0.4, 0.5) is 0 Å². The summed E-state index contributed by atoms with van der Waals surface area (Å²) in [5.41, 5.74) is 0. The molecule has 0 spiro atoms. The molecule has 3 nitrogen and oxygen atoms in total. The fourth-order valence-electron chi connectivity index (χ4n) is 2.88. The van der Waals surface area contributed by atoms with Gasteiger partial charge in [-0.25, -0.2) is 0 Å². The van der Waals surface area contributed by atoms with Gasteiger partial charge in [-0.3, -0.25) is 4.79 Å². The van der Waals surface area contributed by atoms with Gasteiger partial charge in [-0.15, -0.1) is 0 Å². The van der Waals surface area contributed by atoms with Crippen molar-refractivity contribution in [2.24, 2.45) is 11.8 Å². The minimum Gasteiger partial charge on any atom is -0.342 e. The minimum absolute atomic E-state index is 0.312. The van der Waals surface area contributed by atoms with Gasteiger partial charge in [0, 0.05) is 19.0 Å². The molecule has 1 amide bonds. The normalized spacial score (nSPS) is 28.6. The average molecular weight is 224 g/mol. The van der Waals surface area contributed by atoms with E-state index in [1.165, 1.54) is 12.8 Å². The lowest BCUT2D eigenvalue weighted by molar-refractivity contribution is -0.136. The largest absolute Gasteiger partial charge is 0.342 e. The molecular weight excluding hydrogens is 200 g/mol. The predicted octanol–water partition coefficient (Wildman–Crippen LogP) is 1.59. The van der Waals surface area contributed by atoms with Crippen LogP contribution in [-0.2, 0) is 4.79 Å². The summed E-state index contributed by atoms with van der Waals surface area (Å²) in [5.74, 6) is 1.51. The highest BCUT2D eigenvalue weighted by atomic mass is 16.2. The van der Waals surface area contributed by atoms with E-state index in [1.54, 1.807) is 0 Å². The number of nitrogens with zero attached hydrogens (tertiary/aromatic N) is 2. The molecule has 0 saturated carbocycles. The number of rotatable bonds is 2. The van der Waals surface area contributed by atoms with Crippen LogP contribution in [0.25, 0.3) is 0 Å². The van der Waals surface area contributed by atoms with Gasteiger partial charge in [-0.1, -0.05) is 13.3 Å². The summed E-state index contributed by atoms with van der Waals surface area (Å²) < 4.78 is 0. The van der Waals surface area contributed by atoms with E-state index in [4.69, 9.17) is 0 Å². The van der Waals surface area contributed by atoms with Crippen LogP contribution in [0.5, 0.6) is 0 Å². The molecule has 0 aromatic carbocycles.